The van der Waals surface area contributed by atoms with Gasteiger partial charge in [0.25, 0.3) is 0 Å². The molecule has 0 amide bonds. The third kappa shape index (κ3) is 4.03. The Hall–Kier alpha value is -0.930. The Morgan fingerprint density at radius 3 is 2.30 bits per heavy atom. The van der Waals surface area contributed by atoms with Crippen molar-refractivity contribution in [3.05, 3.63) is 35.6 Å². The van der Waals surface area contributed by atoms with Gasteiger partial charge in [-0.2, -0.15) is 0 Å². The molecule has 2 rings (SSSR count). The summed E-state index contributed by atoms with van der Waals surface area (Å²) in [5.41, 5.74) is 7.42. The molecule has 20 heavy (non-hydrogen) atoms. The minimum Gasteiger partial charge on any atom is -0.323 e. The molecule has 1 aromatic rings. The summed E-state index contributed by atoms with van der Waals surface area (Å²) in [6, 6.07) is 7.56. The molecule has 1 aromatic carbocycles. The van der Waals surface area contributed by atoms with Crippen LogP contribution in [0.15, 0.2) is 24.3 Å². The number of nitrogens with zero attached hydrogens (tertiary/aromatic N) is 1. The van der Waals surface area contributed by atoms with Crippen LogP contribution in [-0.4, -0.2) is 23.5 Å². The van der Waals surface area contributed by atoms with Gasteiger partial charge in [-0.15, -0.1) is 0 Å². The summed E-state index contributed by atoms with van der Waals surface area (Å²) < 4.78 is 13.0. The van der Waals surface area contributed by atoms with Crippen LogP contribution in [0.1, 0.15) is 51.6 Å². The van der Waals surface area contributed by atoms with Gasteiger partial charge in [-0.3, -0.25) is 4.90 Å². The highest BCUT2D eigenvalue weighted by atomic mass is 19.1. The van der Waals surface area contributed by atoms with Gasteiger partial charge in [0.15, 0.2) is 0 Å². The Labute approximate surface area is 122 Å². The molecule has 2 atom stereocenters. The van der Waals surface area contributed by atoms with Crippen LogP contribution in [-0.2, 0) is 0 Å². The lowest BCUT2D eigenvalue weighted by Gasteiger charge is -2.34. The summed E-state index contributed by atoms with van der Waals surface area (Å²) in [6.07, 6.45) is 3.79. The van der Waals surface area contributed by atoms with Crippen molar-refractivity contribution in [1.82, 2.24) is 4.90 Å². The Morgan fingerprint density at radius 2 is 1.80 bits per heavy atom. The van der Waals surface area contributed by atoms with Gasteiger partial charge in [-0.05, 0) is 56.3 Å². The van der Waals surface area contributed by atoms with E-state index >= 15 is 0 Å². The van der Waals surface area contributed by atoms with Crippen LogP contribution in [0, 0.1) is 11.7 Å². The zero-order valence-corrected chi connectivity index (χ0v) is 12.8. The summed E-state index contributed by atoms with van der Waals surface area (Å²) in [6.45, 7) is 7.83. The van der Waals surface area contributed by atoms with Crippen molar-refractivity contribution < 1.29 is 4.39 Å². The summed E-state index contributed by atoms with van der Waals surface area (Å²) >= 11 is 0. The molecule has 0 spiro atoms. The minimum absolute atomic E-state index is 0.0524. The van der Waals surface area contributed by atoms with Gasteiger partial charge in [-0.1, -0.05) is 26.0 Å². The Kier molecular flexibility index (Phi) is 5.17. The van der Waals surface area contributed by atoms with Crippen molar-refractivity contribution in [2.24, 2.45) is 11.7 Å². The highest BCUT2D eigenvalue weighted by Crippen LogP contribution is 2.32. The molecule has 1 saturated carbocycles. The molecule has 0 bridgehead atoms. The zero-order chi connectivity index (χ0) is 14.7. The van der Waals surface area contributed by atoms with Crippen molar-refractivity contribution in [2.75, 3.05) is 6.54 Å². The van der Waals surface area contributed by atoms with Crippen LogP contribution in [0.4, 0.5) is 4.39 Å². The van der Waals surface area contributed by atoms with E-state index in [1.54, 1.807) is 0 Å². The second-order valence-electron chi connectivity index (χ2n) is 6.47. The fourth-order valence-electron chi connectivity index (χ4n) is 2.70. The Balaban J connectivity index is 2.02. The van der Waals surface area contributed by atoms with Crippen molar-refractivity contribution >= 4 is 0 Å². The lowest BCUT2D eigenvalue weighted by molar-refractivity contribution is 0.165. The predicted octanol–water partition coefficient (Wildman–Crippen LogP) is 3.72. The summed E-state index contributed by atoms with van der Waals surface area (Å²) in [5.74, 6) is 0.512. The van der Waals surface area contributed by atoms with Crippen LogP contribution < -0.4 is 5.73 Å². The minimum atomic E-state index is -0.201. The van der Waals surface area contributed by atoms with Gasteiger partial charge >= 0.3 is 0 Å². The third-order valence-corrected chi connectivity index (χ3v) is 4.28. The Morgan fingerprint density at radius 1 is 1.20 bits per heavy atom. The van der Waals surface area contributed by atoms with Gasteiger partial charge < -0.3 is 5.73 Å². The van der Waals surface area contributed by atoms with Gasteiger partial charge in [-0.25, -0.2) is 4.39 Å². The number of nitrogens with two attached hydrogens (primary N) is 1. The summed E-state index contributed by atoms with van der Waals surface area (Å²) in [5, 5.41) is 0. The molecule has 0 aromatic heterocycles. The summed E-state index contributed by atoms with van der Waals surface area (Å²) in [4.78, 5) is 2.55. The number of rotatable bonds is 7. The van der Waals surface area contributed by atoms with E-state index in [1.807, 2.05) is 12.1 Å². The van der Waals surface area contributed by atoms with Crippen LogP contribution >= 0.6 is 0 Å². The molecule has 2 N–H and O–H groups in total. The first-order valence-electron chi connectivity index (χ1n) is 7.76. The Bertz CT molecular complexity index is 412. The van der Waals surface area contributed by atoms with E-state index in [0.29, 0.717) is 18.0 Å². The molecule has 2 unspecified atom stereocenters. The van der Waals surface area contributed by atoms with Crippen LogP contribution in [0.3, 0.4) is 0 Å². The van der Waals surface area contributed by atoms with Crippen LogP contribution in [0.2, 0.25) is 0 Å². The standard InChI is InChI=1S/C17H27FN2/c1-12(2)10-11-20(16-8-9-16)13(3)17(19)14-4-6-15(18)7-5-14/h4-7,12-13,16-17H,8-11,19H2,1-3H3. The smallest absolute Gasteiger partial charge is 0.123 e. The van der Waals surface area contributed by atoms with Gasteiger partial charge in [0.1, 0.15) is 5.82 Å². The lowest BCUT2D eigenvalue weighted by Crippen LogP contribution is -2.43. The average Bonchev–Trinajstić information content (AvgIpc) is 3.23. The van der Waals surface area contributed by atoms with E-state index in [1.165, 1.54) is 31.4 Å². The molecule has 112 valence electrons. The van der Waals surface area contributed by atoms with Gasteiger partial charge in [0.2, 0.25) is 0 Å². The molecule has 0 radical (unpaired) electrons. The van der Waals surface area contributed by atoms with Crippen LogP contribution in [0.5, 0.6) is 0 Å². The van der Waals surface area contributed by atoms with E-state index in [0.717, 1.165) is 12.1 Å². The maximum absolute atomic E-state index is 13.0. The average molecular weight is 278 g/mol. The molecule has 0 heterocycles. The first-order valence-corrected chi connectivity index (χ1v) is 7.76. The van der Waals surface area contributed by atoms with Gasteiger partial charge in [0.05, 0.1) is 0 Å². The molecular formula is C17H27FN2. The third-order valence-electron chi connectivity index (χ3n) is 4.28. The van der Waals surface area contributed by atoms with E-state index in [-0.39, 0.29) is 11.9 Å². The topological polar surface area (TPSA) is 29.3 Å². The van der Waals surface area contributed by atoms with Crippen molar-refractivity contribution in [1.29, 1.82) is 0 Å². The van der Waals surface area contributed by atoms with E-state index in [9.17, 15) is 4.39 Å². The van der Waals surface area contributed by atoms with Crippen LogP contribution in [0.25, 0.3) is 0 Å². The highest BCUT2D eigenvalue weighted by molar-refractivity contribution is 5.21. The normalized spacial score (nSPS) is 18.6. The number of benzene rings is 1. The molecule has 1 aliphatic carbocycles. The van der Waals surface area contributed by atoms with Gasteiger partial charge in [0, 0.05) is 18.1 Å². The van der Waals surface area contributed by atoms with E-state index < -0.39 is 0 Å². The molecule has 1 aliphatic rings. The number of halogens is 1. The molecule has 2 nitrogen and oxygen atoms in total. The number of hydrogen-bond acceptors (Lipinski definition) is 2. The largest absolute Gasteiger partial charge is 0.323 e. The maximum Gasteiger partial charge on any atom is 0.123 e. The second kappa shape index (κ2) is 6.68. The first kappa shape index (κ1) is 15.5. The first-order chi connectivity index (χ1) is 9.49. The predicted molar refractivity (Wildman–Crippen MR) is 82.0 cm³/mol. The highest BCUT2D eigenvalue weighted by Gasteiger charge is 2.34. The molecule has 3 heteroatoms. The molecular weight excluding hydrogens is 251 g/mol. The summed E-state index contributed by atoms with van der Waals surface area (Å²) in [7, 11) is 0. The van der Waals surface area contributed by atoms with E-state index in [4.69, 9.17) is 5.73 Å². The SMILES string of the molecule is CC(C)CCN(C1CC1)C(C)C(N)c1ccc(F)cc1. The van der Waals surface area contributed by atoms with Crippen molar-refractivity contribution in [3.63, 3.8) is 0 Å². The number of hydrogen-bond donors (Lipinski definition) is 1. The zero-order valence-electron chi connectivity index (χ0n) is 12.8. The second-order valence-corrected chi connectivity index (χ2v) is 6.47. The van der Waals surface area contributed by atoms with Crippen molar-refractivity contribution in [2.45, 2.75) is 58.2 Å². The maximum atomic E-state index is 13.0. The molecule has 0 saturated heterocycles. The quantitative estimate of drug-likeness (QED) is 0.823. The molecule has 0 aliphatic heterocycles. The van der Waals surface area contributed by atoms with Crippen molar-refractivity contribution in [3.8, 4) is 0 Å². The fraction of sp³-hybridized carbons (Fsp3) is 0.647. The fourth-order valence-corrected chi connectivity index (χ4v) is 2.70. The van der Waals surface area contributed by atoms with E-state index in [2.05, 4.69) is 25.7 Å². The lowest BCUT2D eigenvalue weighted by atomic mass is 9.99. The molecule has 1 fully saturated rings. The monoisotopic (exact) mass is 278 g/mol.